The highest BCUT2D eigenvalue weighted by atomic mass is 16.6. The maximum Gasteiger partial charge on any atom is 0.411 e. The number of nitro groups is 1. The van der Waals surface area contributed by atoms with Gasteiger partial charge in [0.2, 0.25) is 0 Å². The molecule has 1 atom stereocenters. The van der Waals surface area contributed by atoms with Gasteiger partial charge in [-0.15, -0.1) is 0 Å². The van der Waals surface area contributed by atoms with Crippen LogP contribution in [-0.2, 0) is 19.1 Å². The topological polar surface area (TPSA) is 108 Å². The minimum absolute atomic E-state index is 0.0947. The third-order valence-electron chi connectivity index (χ3n) is 2.36. The number of esters is 2. The maximum absolute atomic E-state index is 11.2. The quantitative estimate of drug-likeness (QED) is 0.310. The molecule has 17 heavy (non-hydrogen) atoms. The molecule has 8 nitrogen and oxygen atoms in total. The van der Waals surface area contributed by atoms with E-state index in [2.05, 4.69) is 14.8 Å². The largest absolute Gasteiger partial charge is 0.467 e. The Balaban J connectivity index is 2.94. The summed E-state index contributed by atoms with van der Waals surface area (Å²) in [5, 5.41) is 13.3. The molecule has 1 N–H and O–H groups in total. The summed E-state index contributed by atoms with van der Waals surface area (Å²) < 4.78 is 8.81. The van der Waals surface area contributed by atoms with E-state index in [4.69, 9.17) is 0 Å². The van der Waals surface area contributed by atoms with Crippen LogP contribution in [0, 0.1) is 10.1 Å². The van der Waals surface area contributed by atoms with Crippen LogP contribution < -0.4 is 5.32 Å². The Hall–Kier alpha value is -2.12. The second kappa shape index (κ2) is 5.28. The fourth-order valence-corrected chi connectivity index (χ4v) is 1.55. The van der Waals surface area contributed by atoms with Gasteiger partial charge in [-0.25, -0.2) is 9.59 Å². The van der Waals surface area contributed by atoms with Gasteiger partial charge in [0.1, 0.15) is 6.04 Å². The Morgan fingerprint density at radius 1 is 1.41 bits per heavy atom. The van der Waals surface area contributed by atoms with Gasteiger partial charge in [0, 0.05) is 0 Å². The number of allylic oxidation sites excluding steroid dienone is 1. The summed E-state index contributed by atoms with van der Waals surface area (Å²) in [6.45, 7) is 0. The predicted molar refractivity (Wildman–Crippen MR) is 54.2 cm³/mol. The number of ether oxygens (including phenoxy) is 2. The van der Waals surface area contributed by atoms with Crippen molar-refractivity contribution in [2.45, 2.75) is 18.9 Å². The highest BCUT2D eigenvalue weighted by Gasteiger charge is 2.35. The van der Waals surface area contributed by atoms with Gasteiger partial charge in [-0.3, -0.25) is 10.1 Å². The highest BCUT2D eigenvalue weighted by Crippen LogP contribution is 2.20. The third-order valence-corrected chi connectivity index (χ3v) is 2.36. The molecule has 0 bridgehead atoms. The van der Waals surface area contributed by atoms with Crippen molar-refractivity contribution in [2.75, 3.05) is 14.2 Å². The first kappa shape index (κ1) is 12.9. The van der Waals surface area contributed by atoms with Gasteiger partial charge in [-0.1, -0.05) is 0 Å². The van der Waals surface area contributed by atoms with Crippen molar-refractivity contribution in [3.8, 4) is 0 Å². The molecule has 1 unspecified atom stereocenters. The Labute approximate surface area is 96.7 Å². The Morgan fingerprint density at radius 3 is 2.53 bits per heavy atom. The fourth-order valence-electron chi connectivity index (χ4n) is 1.55. The molecule has 1 heterocycles. The van der Waals surface area contributed by atoms with Crippen LogP contribution in [0.5, 0.6) is 0 Å². The molecule has 0 aromatic rings. The zero-order valence-electron chi connectivity index (χ0n) is 9.39. The summed E-state index contributed by atoms with van der Waals surface area (Å²) in [5.74, 6) is -1.56. The van der Waals surface area contributed by atoms with Crippen LogP contribution >= 0.6 is 0 Å². The molecule has 0 spiro atoms. The summed E-state index contributed by atoms with van der Waals surface area (Å²) in [6.07, 6.45) is 0.571. The first-order chi connectivity index (χ1) is 8.01. The van der Waals surface area contributed by atoms with Crippen LogP contribution in [0.1, 0.15) is 12.8 Å². The van der Waals surface area contributed by atoms with Crippen molar-refractivity contribution in [3.63, 3.8) is 0 Å². The molecule has 1 fully saturated rings. The Bertz CT molecular complexity index is 389. The average Bonchev–Trinajstić information content (AvgIpc) is 2.76. The summed E-state index contributed by atoms with van der Waals surface area (Å²) in [6, 6.07) is -0.658. The number of hydrogen-bond acceptors (Lipinski definition) is 7. The van der Waals surface area contributed by atoms with Gasteiger partial charge in [0.25, 0.3) is 0 Å². The maximum atomic E-state index is 11.2. The van der Waals surface area contributed by atoms with E-state index in [0.29, 0.717) is 6.42 Å². The number of hydrogen-bond donors (Lipinski definition) is 1. The van der Waals surface area contributed by atoms with Crippen molar-refractivity contribution in [3.05, 3.63) is 21.5 Å². The van der Waals surface area contributed by atoms with Crippen molar-refractivity contribution in [2.24, 2.45) is 0 Å². The molecule has 0 saturated carbocycles. The normalized spacial score (nSPS) is 21.4. The zero-order chi connectivity index (χ0) is 13.0. The molecule has 1 aliphatic heterocycles. The second-order valence-electron chi connectivity index (χ2n) is 3.33. The molecule has 94 valence electrons. The number of carbonyl (C=O) groups is 2. The number of nitrogens with zero attached hydrogens (tertiary/aromatic N) is 1. The van der Waals surface area contributed by atoms with Gasteiger partial charge in [0.05, 0.1) is 24.8 Å². The van der Waals surface area contributed by atoms with Crippen LogP contribution in [0.2, 0.25) is 0 Å². The molecule has 0 aromatic carbocycles. The van der Waals surface area contributed by atoms with E-state index < -0.39 is 28.6 Å². The summed E-state index contributed by atoms with van der Waals surface area (Å²) >= 11 is 0. The van der Waals surface area contributed by atoms with E-state index in [1.54, 1.807) is 0 Å². The Kier molecular flexibility index (Phi) is 4.02. The summed E-state index contributed by atoms with van der Waals surface area (Å²) in [5.41, 5.74) is -0.573. The lowest BCUT2D eigenvalue weighted by Gasteiger charge is -2.07. The van der Waals surface area contributed by atoms with Gasteiger partial charge in [-0.2, -0.15) is 0 Å². The van der Waals surface area contributed by atoms with Gasteiger partial charge in [-0.05, 0) is 12.8 Å². The van der Waals surface area contributed by atoms with Crippen molar-refractivity contribution >= 4 is 11.9 Å². The first-order valence-corrected chi connectivity index (χ1v) is 4.81. The molecule has 1 aliphatic rings. The van der Waals surface area contributed by atoms with Crippen LogP contribution in [0.3, 0.4) is 0 Å². The van der Waals surface area contributed by atoms with E-state index in [1.165, 1.54) is 7.11 Å². The van der Waals surface area contributed by atoms with E-state index in [-0.39, 0.29) is 12.1 Å². The fraction of sp³-hybridized carbons (Fsp3) is 0.556. The lowest BCUT2D eigenvalue weighted by Crippen LogP contribution is -2.32. The van der Waals surface area contributed by atoms with E-state index in [0.717, 1.165) is 7.11 Å². The highest BCUT2D eigenvalue weighted by molar-refractivity contribution is 5.87. The monoisotopic (exact) mass is 244 g/mol. The number of nitrogens with one attached hydrogen (secondary N) is 1. The standard InChI is InChI=1S/C9H12N2O6/c1-16-8(12)6-4-3-5(10-6)7(11(14)15)9(13)17-2/h6,10H,3-4H2,1-2H3/b7-5+. The van der Waals surface area contributed by atoms with Crippen LogP contribution in [0.25, 0.3) is 0 Å². The molecular formula is C9H12N2O6. The SMILES string of the molecule is COC(=O)/C(=C1/CCC(C(=O)OC)N1)[N+](=O)[O-]. The van der Waals surface area contributed by atoms with Crippen molar-refractivity contribution in [1.82, 2.24) is 5.32 Å². The summed E-state index contributed by atoms with van der Waals surface area (Å²) in [7, 11) is 2.28. The molecule has 0 radical (unpaired) electrons. The minimum Gasteiger partial charge on any atom is -0.467 e. The van der Waals surface area contributed by atoms with Gasteiger partial charge >= 0.3 is 17.6 Å². The molecule has 1 saturated heterocycles. The predicted octanol–water partition coefficient (Wildman–Crippen LogP) is -0.427. The number of rotatable bonds is 3. The molecular weight excluding hydrogens is 232 g/mol. The van der Waals surface area contributed by atoms with Gasteiger partial charge < -0.3 is 14.8 Å². The van der Waals surface area contributed by atoms with Crippen molar-refractivity contribution < 1.29 is 24.0 Å². The number of carbonyl (C=O) groups excluding carboxylic acids is 2. The van der Waals surface area contributed by atoms with Crippen LogP contribution in [0.4, 0.5) is 0 Å². The minimum atomic E-state index is -1.04. The van der Waals surface area contributed by atoms with Crippen molar-refractivity contribution in [1.29, 1.82) is 0 Å². The Morgan fingerprint density at radius 2 is 2.06 bits per heavy atom. The van der Waals surface area contributed by atoms with Gasteiger partial charge in [0.15, 0.2) is 0 Å². The third kappa shape index (κ3) is 2.71. The average molecular weight is 244 g/mol. The first-order valence-electron chi connectivity index (χ1n) is 4.81. The number of methoxy groups -OCH3 is 2. The molecule has 0 aliphatic carbocycles. The summed E-state index contributed by atoms with van der Waals surface area (Å²) in [4.78, 5) is 32.3. The molecule has 1 rings (SSSR count). The van der Waals surface area contributed by atoms with E-state index in [9.17, 15) is 19.7 Å². The van der Waals surface area contributed by atoms with Crippen LogP contribution in [-0.4, -0.2) is 37.1 Å². The lowest BCUT2D eigenvalue weighted by atomic mass is 10.2. The van der Waals surface area contributed by atoms with E-state index >= 15 is 0 Å². The molecule has 0 amide bonds. The molecule has 8 heteroatoms. The smallest absolute Gasteiger partial charge is 0.411 e. The second-order valence-corrected chi connectivity index (χ2v) is 3.33. The van der Waals surface area contributed by atoms with E-state index in [1.807, 2.05) is 0 Å². The zero-order valence-corrected chi connectivity index (χ0v) is 9.39. The lowest BCUT2D eigenvalue weighted by molar-refractivity contribution is -0.422. The molecule has 0 aromatic heterocycles. The van der Waals surface area contributed by atoms with Crippen LogP contribution in [0.15, 0.2) is 11.4 Å².